The summed E-state index contributed by atoms with van der Waals surface area (Å²) in [5.74, 6) is -0.812. The highest BCUT2D eigenvalue weighted by Gasteiger charge is 2.45. The van der Waals surface area contributed by atoms with Crippen LogP contribution in [0.15, 0.2) is 36.4 Å². The molecule has 2 saturated heterocycles. The zero-order chi connectivity index (χ0) is 51.9. The lowest BCUT2D eigenvalue weighted by Gasteiger charge is -2.50. The van der Waals surface area contributed by atoms with Crippen LogP contribution >= 0.6 is 0 Å². The second kappa shape index (κ2) is 29.4. The molecule has 4 atom stereocenters. The number of carbonyl (C=O) groups excluding carboxylic acids is 6. The number of ether oxygens (including phenoxy) is 6. The summed E-state index contributed by atoms with van der Waals surface area (Å²) in [6, 6.07) is 11.9. The number of likely N-dealkylation sites (tertiary alicyclic amines) is 2. The Kier molecular flexibility index (Phi) is 25.6. The van der Waals surface area contributed by atoms with E-state index in [-0.39, 0.29) is 136 Å². The first-order valence-electron chi connectivity index (χ1n) is 26.9. The number of carbonyl (C=O) groups is 6. The SMILES string of the molecule is CCC(=O)Oc1ccc(CC[N+]2(C)C(C)CC(OC(=O)CCCC3(CCCC(=O)OC4CC(C)[N+](C)(CCc5ccc(OC(=O)CC)c(OC(=O)CC)c5)C(C)C4)CCCC3)CC2C)cc1OC(=O)CC.[Br-].[Br-]. The van der Waals surface area contributed by atoms with Crippen molar-refractivity contribution < 1.29 is 100 Å². The molecule has 2 heterocycles. The van der Waals surface area contributed by atoms with E-state index in [1.807, 2.05) is 12.1 Å². The fraction of sp³-hybridized carbons (Fsp3) is 0.684. The number of esters is 6. The molecule has 0 N–H and O–H groups in total. The predicted molar refractivity (Wildman–Crippen MR) is 271 cm³/mol. The van der Waals surface area contributed by atoms with E-state index in [4.69, 9.17) is 28.4 Å². The lowest BCUT2D eigenvalue weighted by molar-refractivity contribution is -0.958. The van der Waals surface area contributed by atoms with Gasteiger partial charge in [-0.1, -0.05) is 52.7 Å². The maximum atomic E-state index is 13.3. The fourth-order valence-corrected chi connectivity index (χ4v) is 11.3. The third-order valence-corrected chi connectivity index (χ3v) is 16.7. The van der Waals surface area contributed by atoms with Crippen molar-refractivity contribution >= 4 is 35.8 Å². The molecule has 4 unspecified atom stereocenters. The van der Waals surface area contributed by atoms with E-state index in [0.717, 1.165) is 110 Å². The number of hydrogen-bond acceptors (Lipinski definition) is 12. The molecule has 3 fully saturated rings. The van der Waals surface area contributed by atoms with E-state index < -0.39 is 23.9 Å². The molecule has 0 radical (unpaired) electrons. The zero-order valence-electron chi connectivity index (χ0n) is 45.5. The Hall–Kier alpha value is -3.86. The summed E-state index contributed by atoms with van der Waals surface area (Å²) in [7, 11) is 4.54. The van der Waals surface area contributed by atoms with Crippen LogP contribution in [0.1, 0.15) is 182 Å². The predicted octanol–water partition coefficient (Wildman–Crippen LogP) is 4.50. The van der Waals surface area contributed by atoms with Crippen LogP contribution in [-0.4, -0.2) is 108 Å². The van der Waals surface area contributed by atoms with Gasteiger partial charge in [0.1, 0.15) is 12.2 Å². The Morgan fingerprint density at radius 1 is 0.493 bits per heavy atom. The van der Waals surface area contributed by atoms with Gasteiger partial charge in [-0.05, 0) is 107 Å². The fourth-order valence-electron chi connectivity index (χ4n) is 11.3. The summed E-state index contributed by atoms with van der Waals surface area (Å²) in [5, 5.41) is 0. The van der Waals surface area contributed by atoms with Gasteiger partial charge in [0, 0.05) is 77.0 Å². The Labute approximate surface area is 457 Å². The summed E-state index contributed by atoms with van der Waals surface area (Å²) < 4.78 is 35.9. The number of halogens is 2. The number of likely N-dealkylation sites (N-methyl/N-ethyl adjacent to an activating group) is 2. The van der Waals surface area contributed by atoms with Gasteiger partial charge in [0.15, 0.2) is 23.0 Å². The van der Waals surface area contributed by atoms with Gasteiger partial charge in [0.25, 0.3) is 0 Å². The van der Waals surface area contributed by atoms with Gasteiger partial charge < -0.3 is 71.4 Å². The average molecular weight is 1150 g/mol. The topological polar surface area (TPSA) is 158 Å². The van der Waals surface area contributed by atoms with E-state index in [1.165, 1.54) is 12.8 Å². The molecule has 2 aromatic rings. The molecule has 1 aliphatic carbocycles. The third kappa shape index (κ3) is 17.9. The number of rotatable bonds is 24. The summed E-state index contributed by atoms with van der Waals surface area (Å²) >= 11 is 0. The molecule has 1 saturated carbocycles. The van der Waals surface area contributed by atoms with Crippen LogP contribution in [0.3, 0.4) is 0 Å². The molecule has 5 rings (SSSR count). The number of quaternary nitrogens is 2. The van der Waals surface area contributed by atoms with Crippen LogP contribution in [0.25, 0.3) is 0 Å². The number of piperidine rings is 2. The molecule has 0 amide bonds. The van der Waals surface area contributed by atoms with E-state index in [0.29, 0.717) is 12.8 Å². The van der Waals surface area contributed by atoms with Crippen molar-refractivity contribution in [1.82, 2.24) is 0 Å². The Morgan fingerprint density at radius 3 is 1.12 bits per heavy atom. The number of nitrogens with zero attached hydrogens (tertiary/aromatic N) is 2. The molecule has 73 heavy (non-hydrogen) atoms. The van der Waals surface area contributed by atoms with Crippen LogP contribution < -0.4 is 52.9 Å². The molecule has 0 bridgehead atoms. The third-order valence-electron chi connectivity index (χ3n) is 16.7. The van der Waals surface area contributed by atoms with Gasteiger partial charge in [-0.2, -0.15) is 0 Å². The zero-order valence-corrected chi connectivity index (χ0v) is 48.7. The molecule has 2 aliphatic heterocycles. The van der Waals surface area contributed by atoms with Crippen LogP contribution in [0.5, 0.6) is 23.0 Å². The van der Waals surface area contributed by atoms with E-state index in [2.05, 4.69) is 41.8 Å². The Morgan fingerprint density at radius 2 is 0.808 bits per heavy atom. The lowest BCUT2D eigenvalue weighted by Crippen LogP contribution is -3.00. The first-order chi connectivity index (χ1) is 33.7. The highest BCUT2D eigenvalue weighted by molar-refractivity contribution is 5.77. The molecule has 2 aromatic carbocycles. The summed E-state index contributed by atoms with van der Waals surface area (Å²) in [5.41, 5.74) is 2.13. The largest absolute Gasteiger partial charge is 1.00 e. The molecular weight excluding hydrogens is 1060 g/mol. The van der Waals surface area contributed by atoms with Crippen LogP contribution in [0, 0.1) is 5.41 Å². The van der Waals surface area contributed by atoms with Crippen LogP contribution in [0.2, 0.25) is 0 Å². The minimum atomic E-state index is -0.394. The van der Waals surface area contributed by atoms with Gasteiger partial charge in [0.05, 0.1) is 51.4 Å². The van der Waals surface area contributed by atoms with Gasteiger partial charge in [-0.15, -0.1) is 0 Å². The van der Waals surface area contributed by atoms with Gasteiger partial charge >= 0.3 is 35.8 Å². The standard InChI is InChI=1S/C57H86N2O12.2BrH/c1-11-51(60)68-47-23-21-43(37-49(47)70-53(62)13-3)25-31-58(9)39(5)33-45(34-40(58)6)66-55(64)19-17-29-57(27-15-16-28-57)30-18-20-56(65)67-46-35-41(7)59(10,42(8)36-46)32-26-44-22-24-48(69-52(61)12-2)50(38-44)71-54(63)14-4;;/h21-24,37-42,45-46H,11-20,25-36H2,1-10H3;2*1H/q+2;;/p-2. The molecule has 410 valence electrons. The van der Waals surface area contributed by atoms with Crippen molar-refractivity contribution in [1.29, 1.82) is 0 Å². The van der Waals surface area contributed by atoms with Crippen molar-refractivity contribution in [2.24, 2.45) is 5.41 Å². The van der Waals surface area contributed by atoms with Crippen molar-refractivity contribution in [3.63, 3.8) is 0 Å². The minimum absolute atomic E-state index is 0. The van der Waals surface area contributed by atoms with Crippen LogP contribution in [-0.2, 0) is 51.1 Å². The second-order valence-electron chi connectivity index (χ2n) is 21.5. The van der Waals surface area contributed by atoms with E-state index in [1.54, 1.807) is 52.0 Å². The normalized spacial score (nSPS) is 25.2. The maximum Gasteiger partial charge on any atom is 0.311 e. The highest BCUT2D eigenvalue weighted by atomic mass is 79.9. The number of hydrogen-bond donors (Lipinski definition) is 0. The highest BCUT2D eigenvalue weighted by Crippen LogP contribution is 2.46. The monoisotopic (exact) mass is 1150 g/mol. The van der Waals surface area contributed by atoms with Gasteiger partial charge in [-0.3, -0.25) is 28.8 Å². The summed E-state index contributed by atoms with van der Waals surface area (Å²) in [4.78, 5) is 75.0. The maximum absolute atomic E-state index is 13.3. The Balaban J connectivity index is 0.00000703. The smallest absolute Gasteiger partial charge is 0.311 e. The average Bonchev–Trinajstić information content (AvgIpc) is 3.80. The van der Waals surface area contributed by atoms with Crippen molar-refractivity contribution in [3.8, 4) is 23.0 Å². The molecule has 14 nitrogen and oxygen atoms in total. The molecule has 0 spiro atoms. The van der Waals surface area contributed by atoms with Crippen molar-refractivity contribution in [3.05, 3.63) is 47.5 Å². The molecular formula is C57H86Br2N2O12. The van der Waals surface area contributed by atoms with Crippen LogP contribution in [0.4, 0.5) is 0 Å². The molecule has 16 heteroatoms. The van der Waals surface area contributed by atoms with E-state index in [9.17, 15) is 28.8 Å². The summed E-state index contributed by atoms with van der Waals surface area (Å²) in [6.07, 6.45) is 14.1. The van der Waals surface area contributed by atoms with E-state index >= 15 is 0 Å². The van der Waals surface area contributed by atoms with Gasteiger partial charge in [0.2, 0.25) is 0 Å². The van der Waals surface area contributed by atoms with Crippen molar-refractivity contribution in [2.45, 2.75) is 220 Å². The summed E-state index contributed by atoms with van der Waals surface area (Å²) in [6.45, 7) is 17.5. The lowest BCUT2D eigenvalue weighted by atomic mass is 9.77. The van der Waals surface area contributed by atoms with Gasteiger partial charge in [-0.25, -0.2) is 0 Å². The van der Waals surface area contributed by atoms with Crippen molar-refractivity contribution in [2.75, 3.05) is 27.2 Å². The minimum Gasteiger partial charge on any atom is -1.00 e. The first-order valence-corrected chi connectivity index (χ1v) is 26.9. The number of benzene rings is 2. The second-order valence-corrected chi connectivity index (χ2v) is 21.5. The molecule has 0 aromatic heterocycles. The first kappa shape index (κ1) is 63.4. The Bertz CT molecular complexity index is 1990. The quantitative estimate of drug-likeness (QED) is 0.0826. The molecule has 3 aliphatic rings.